The van der Waals surface area contributed by atoms with Crippen molar-refractivity contribution in [2.75, 3.05) is 37.2 Å². The van der Waals surface area contributed by atoms with Gasteiger partial charge in [-0.05, 0) is 54.8 Å². The Hall–Kier alpha value is -3.52. The maximum Gasteiger partial charge on any atom is 0.256 e. The smallest absolute Gasteiger partial charge is 0.256 e. The van der Waals surface area contributed by atoms with Crippen LogP contribution in [0.3, 0.4) is 0 Å². The Labute approximate surface area is 190 Å². The number of piperazine rings is 1. The maximum atomic E-state index is 13.8. The highest BCUT2D eigenvalue weighted by Gasteiger charge is 2.43. The molecule has 2 aromatic carbocycles. The summed E-state index contributed by atoms with van der Waals surface area (Å²) in [5, 5.41) is 1.90. The Morgan fingerprint density at radius 3 is 2.38 bits per heavy atom. The van der Waals surface area contributed by atoms with Crippen molar-refractivity contribution in [1.29, 1.82) is 0 Å². The third kappa shape index (κ3) is 4.01. The number of carbonyl (C=O) groups excluding carboxylic acids is 2. The van der Waals surface area contributed by atoms with Gasteiger partial charge in [-0.3, -0.25) is 19.4 Å². The van der Waals surface area contributed by atoms with Crippen molar-refractivity contribution in [2.45, 2.75) is 13.0 Å². The molecule has 0 unspecified atom stereocenters. The van der Waals surface area contributed by atoms with Crippen LogP contribution in [0.2, 0.25) is 0 Å². The minimum Gasteiger partial charge on any atom is -0.497 e. The summed E-state index contributed by atoms with van der Waals surface area (Å²) in [4.78, 5) is 31.0. The monoisotopic (exact) mass is 452 g/mol. The van der Waals surface area contributed by atoms with E-state index in [9.17, 15) is 9.59 Å². The van der Waals surface area contributed by atoms with E-state index in [1.807, 2.05) is 24.4 Å². The summed E-state index contributed by atoms with van der Waals surface area (Å²) in [7, 11) is 3.09. The van der Waals surface area contributed by atoms with Crippen molar-refractivity contribution in [2.24, 2.45) is 0 Å². The van der Waals surface area contributed by atoms with Crippen molar-refractivity contribution in [1.82, 2.24) is 0 Å². The van der Waals surface area contributed by atoms with Gasteiger partial charge in [-0.25, -0.2) is 0 Å². The van der Waals surface area contributed by atoms with Crippen LogP contribution in [0.15, 0.2) is 60.0 Å². The van der Waals surface area contributed by atoms with Gasteiger partial charge in [-0.1, -0.05) is 6.07 Å². The molecule has 0 saturated carbocycles. The molecule has 1 aromatic heterocycles. The lowest BCUT2D eigenvalue weighted by Gasteiger charge is -2.40. The molecule has 1 aliphatic rings. The van der Waals surface area contributed by atoms with Gasteiger partial charge in [0.25, 0.3) is 5.91 Å². The van der Waals surface area contributed by atoms with Crippen LogP contribution in [0.25, 0.3) is 0 Å². The van der Waals surface area contributed by atoms with Crippen molar-refractivity contribution in [3.8, 4) is 17.2 Å². The first-order valence-electron chi connectivity index (χ1n) is 10.2. The van der Waals surface area contributed by atoms with Gasteiger partial charge >= 0.3 is 0 Å². The van der Waals surface area contributed by atoms with Crippen LogP contribution >= 0.6 is 11.3 Å². The summed E-state index contributed by atoms with van der Waals surface area (Å²) < 4.78 is 16.3. The fourth-order valence-electron chi connectivity index (χ4n) is 3.76. The van der Waals surface area contributed by atoms with Gasteiger partial charge < -0.3 is 14.2 Å². The molecule has 7 nitrogen and oxygen atoms in total. The zero-order chi connectivity index (χ0) is 22.7. The fraction of sp³-hybridized carbons (Fsp3) is 0.250. The maximum absolute atomic E-state index is 13.8. The SMILES string of the molecule is CCOc1ccc(N2C(=O)CN(c3ccc(OC)cc3OC)C(=O)[C@H]2c2cccs2)cc1. The van der Waals surface area contributed by atoms with Gasteiger partial charge in [0.15, 0.2) is 6.04 Å². The molecule has 3 aromatic rings. The molecule has 0 spiro atoms. The lowest BCUT2D eigenvalue weighted by atomic mass is 10.1. The van der Waals surface area contributed by atoms with Gasteiger partial charge in [-0.15, -0.1) is 11.3 Å². The summed E-state index contributed by atoms with van der Waals surface area (Å²) in [6, 6.07) is 15.4. The zero-order valence-electron chi connectivity index (χ0n) is 18.1. The first-order valence-corrected chi connectivity index (χ1v) is 11.1. The van der Waals surface area contributed by atoms with E-state index < -0.39 is 6.04 Å². The van der Waals surface area contributed by atoms with Gasteiger partial charge in [0, 0.05) is 16.6 Å². The second kappa shape index (κ2) is 9.32. The Morgan fingerprint density at radius 1 is 1.00 bits per heavy atom. The number of hydrogen-bond donors (Lipinski definition) is 0. The van der Waals surface area contributed by atoms with E-state index in [-0.39, 0.29) is 18.4 Å². The summed E-state index contributed by atoms with van der Waals surface area (Å²) in [6.07, 6.45) is 0. The summed E-state index contributed by atoms with van der Waals surface area (Å²) in [6.45, 7) is 2.36. The number of carbonyl (C=O) groups is 2. The molecule has 8 heteroatoms. The predicted molar refractivity (Wildman–Crippen MR) is 124 cm³/mol. The van der Waals surface area contributed by atoms with Crippen LogP contribution in [0.4, 0.5) is 11.4 Å². The number of amides is 2. The summed E-state index contributed by atoms with van der Waals surface area (Å²) in [5.41, 5.74) is 1.17. The highest BCUT2D eigenvalue weighted by molar-refractivity contribution is 7.10. The molecule has 2 heterocycles. The van der Waals surface area contributed by atoms with E-state index in [1.54, 1.807) is 54.5 Å². The van der Waals surface area contributed by atoms with Crippen LogP contribution in [0, 0.1) is 0 Å². The van der Waals surface area contributed by atoms with Gasteiger partial charge in [-0.2, -0.15) is 0 Å². The van der Waals surface area contributed by atoms with Crippen molar-refractivity contribution in [3.05, 3.63) is 64.9 Å². The lowest BCUT2D eigenvalue weighted by Crippen LogP contribution is -2.56. The number of methoxy groups -OCH3 is 2. The Kier molecular flexibility index (Phi) is 6.32. The Bertz CT molecular complexity index is 1100. The summed E-state index contributed by atoms with van der Waals surface area (Å²) in [5.74, 6) is 1.39. The minimum absolute atomic E-state index is 0.101. The molecule has 0 radical (unpaired) electrons. The standard InChI is InChI=1S/C24H24N2O5S/c1-4-31-17-9-7-16(8-10-17)26-22(27)15-25(24(28)23(26)21-6-5-13-32-21)19-12-11-18(29-2)14-20(19)30-3/h5-14,23H,4,15H2,1-3H3/t23-/m1/s1. The molecule has 1 aliphatic heterocycles. The van der Waals surface area contributed by atoms with E-state index in [4.69, 9.17) is 14.2 Å². The molecule has 4 rings (SSSR count). The van der Waals surface area contributed by atoms with E-state index in [0.29, 0.717) is 35.2 Å². The van der Waals surface area contributed by atoms with Crippen LogP contribution in [0.1, 0.15) is 17.8 Å². The molecule has 166 valence electrons. The first kappa shape index (κ1) is 21.7. The van der Waals surface area contributed by atoms with E-state index in [1.165, 1.54) is 23.3 Å². The number of nitrogens with zero attached hydrogens (tertiary/aromatic N) is 2. The van der Waals surface area contributed by atoms with E-state index >= 15 is 0 Å². The van der Waals surface area contributed by atoms with Crippen molar-refractivity contribution < 1.29 is 23.8 Å². The number of anilines is 2. The molecule has 2 amide bonds. The third-order valence-electron chi connectivity index (χ3n) is 5.24. The quantitative estimate of drug-likeness (QED) is 0.535. The molecule has 0 aliphatic carbocycles. The largest absolute Gasteiger partial charge is 0.497 e. The molecule has 1 atom stereocenters. The number of hydrogen-bond acceptors (Lipinski definition) is 6. The Balaban J connectivity index is 1.75. The highest BCUT2D eigenvalue weighted by atomic mass is 32.1. The number of thiophene rings is 1. The topological polar surface area (TPSA) is 68.3 Å². The zero-order valence-corrected chi connectivity index (χ0v) is 18.9. The van der Waals surface area contributed by atoms with Gasteiger partial charge in [0.2, 0.25) is 5.91 Å². The van der Waals surface area contributed by atoms with Crippen LogP contribution < -0.4 is 24.0 Å². The molecule has 1 saturated heterocycles. The third-order valence-corrected chi connectivity index (χ3v) is 6.16. The average molecular weight is 453 g/mol. The molecule has 0 bridgehead atoms. The number of rotatable bonds is 7. The van der Waals surface area contributed by atoms with Gasteiger partial charge in [0.05, 0.1) is 26.5 Å². The van der Waals surface area contributed by atoms with E-state index in [0.717, 1.165) is 4.88 Å². The molecular formula is C24H24N2O5S. The normalized spacial score (nSPS) is 16.3. The molecule has 1 fully saturated rings. The first-order chi connectivity index (χ1) is 15.6. The van der Waals surface area contributed by atoms with Gasteiger partial charge in [0.1, 0.15) is 23.8 Å². The van der Waals surface area contributed by atoms with Crippen LogP contribution in [-0.2, 0) is 9.59 Å². The Morgan fingerprint density at radius 2 is 1.75 bits per heavy atom. The number of benzene rings is 2. The highest BCUT2D eigenvalue weighted by Crippen LogP contribution is 2.40. The molecule has 32 heavy (non-hydrogen) atoms. The number of ether oxygens (including phenoxy) is 3. The molecule has 0 N–H and O–H groups in total. The molecular weight excluding hydrogens is 428 g/mol. The fourth-order valence-corrected chi connectivity index (χ4v) is 4.57. The van der Waals surface area contributed by atoms with E-state index in [2.05, 4.69) is 0 Å². The van der Waals surface area contributed by atoms with Crippen LogP contribution in [-0.4, -0.2) is 39.2 Å². The lowest BCUT2D eigenvalue weighted by molar-refractivity contribution is -0.128. The second-order valence-electron chi connectivity index (χ2n) is 7.07. The summed E-state index contributed by atoms with van der Waals surface area (Å²) >= 11 is 1.44. The predicted octanol–water partition coefficient (Wildman–Crippen LogP) is 4.29. The van der Waals surface area contributed by atoms with Crippen molar-refractivity contribution in [3.63, 3.8) is 0 Å². The van der Waals surface area contributed by atoms with Crippen LogP contribution in [0.5, 0.6) is 17.2 Å². The second-order valence-corrected chi connectivity index (χ2v) is 8.05. The minimum atomic E-state index is -0.777. The average Bonchev–Trinajstić information content (AvgIpc) is 3.35. The van der Waals surface area contributed by atoms with Crippen molar-refractivity contribution >= 4 is 34.5 Å².